The molecule has 0 aliphatic carbocycles. The van der Waals surface area contributed by atoms with Crippen molar-refractivity contribution in [3.63, 3.8) is 0 Å². The third-order valence-corrected chi connectivity index (χ3v) is 3.33. The molecule has 0 saturated carbocycles. The lowest BCUT2D eigenvalue weighted by atomic mass is 10.1. The van der Waals surface area contributed by atoms with Gasteiger partial charge in [-0.25, -0.2) is 4.79 Å². The van der Waals surface area contributed by atoms with E-state index in [4.69, 9.17) is 0 Å². The van der Waals surface area contributed by atoms with Crippen LogP contribution in [-0.2, 0) is 20.5 Å². The van der Waals surface area contributed by atoms with E-state index in [1.165, 1.54) is 36.4 Å². The van der Waals surface area contributed by atoms with Gasteiger partial charge in [0.2, 0.25) is 0 Å². The third kappa shape index (κ3) is 6.24. The van der Waals surface area contributed by atoms with Crippen LogP contribution in [0.25, 0.3) is 6.08 Å². The van der Waals surface area contributed by atoms with Crippen LogP contribution < -0.4 is 5.32 Å². The number of benzene rings is 2. The van der Waals surface area contributed by atoms with Crippen molar-refractivity contribution in [3.05, 3.63) is 75.8 Å². The first-order valence-electron chi connectivity index (χ1n) is 7.71. The SMILES string of the molecule is O=C(COC(=O)/C=C/c1cccc(C(F)(F)F)c1)Nc1ccc([N+](=O)[O-])cc1. The molecule has 146 valence electrons. The average molecular weight is 394 g/mol. The van der Waals surface area contributed by atoms with Crippen LogP contribution in [0.1, 0.15) is 11.1 Å². The summed E-state index contributed by atoms with van der Waals surface area (Å²) < 4.78 is 42.6. The van der Waals surface area contributed by atoms with Gasteiger partial charge in [-0.2, -0.15) is 13.2 Å². The number of non-ortho nitro benzene ring substituents is 1. The number of nitro groups is 1. The van der Waals surface area contributed by atoms with Crippen LogP contribution in [0.2, 0.25) is 0 Å². The maximum Gasteiger partial charge on any atom is 0.416 e. The van der Waals surface area contributed by atoms with E-state index in [1.807, 2.05) is 0 Å². The summed E-state index contributed by atoms with van der Waals surface area (Å²) in [6.07, 6.45) is -2.47. The summed E-state index contributed by atoms with van der Waals surface area (Å²) in [6.45, 7) is -0.636. The van der Waals surface area contributed by atoms with Crippen LogP contribution in [0.4, 0.5) is 24.5 Å². The number of nitrogens with one attached hydrogen (secondary N) is 1. The van der Waals surface area contributed by atoms with Gasteiger partial charge in [0.15, 0.2) is 6.61 Å². The van der Waals surface area contributed by atoms with Gasteiger partial charge in [0.1, 0.15) is 0 Å². The van der Waals surface area contributed by atoms with E-state index in [0.717, 1.165) is 24.3 Å². The highest BCUT2D eigenvalue weighted by atomic mass is 19.4. The molecule has 1 N–H and O–H groups in total. The minimum absolute atomic E-state index is 0.141. The van der Waals surface area contributed by atoms with Crippen molar-refractivity contribution >= 4 is 29.3 Å². The highest BCUT2D eigenvalue weighted by Crippen LogP contribution is 2.29. The Bertz CT molecular complexity index is 908. The normalized spacial score (nSPS) is 11.2. The first kappa shape index (κ1) is 20.6. The summed E-state index contributed by atoms with van der Waals surface area (Å²) in [6, 6.07) is 9.35. The van der Waals surface area contributed by atoms with Crippen LogP contribution in [-0.4, -0.2) is 23.4 Å². The Morgan fingerprint density at radius 3 is 2.43 bits per heavy atom. The molecule has 28 heavy (non-hydrogen) atoms. The number of carbonyl (C=O) groups excluding carboxylic acids is 2. The fourth-order valence-corrected chi connectivity index (χ4v) is 2.03. The van der Waals surface area contributed by atoms with Gasteiger partial charge in [-0.1, -0.05) is 12.1 Å². The largest absolute Gasteiger partial charge is 0.452 e. The van der Waals surface area contributed by atoms with Gasteiger partial charge in [0.05, 0.1) is 10.5 Å². The third-order valence-electron chi connectivity index (χ3n) is 3.33. The van der Waals surface area contributed by atoms with Crippen LogP contribution in [0.15, 0.2) is 54.6 Å². The fourth-order valence-electron chi connectivity index (χ4n) is 2.03. The van der Waals surface area contributed by atoms with Crippen LogP contribution in [0, 0.1) is 10.1 Å². The molecule has 0 unspecified atom stereocenters. The second-order valence-electron chi connectivity index (χ2n) is 5.42. The lowest BCUT2D eigenvalue weighted by molar-refractivity contribution is -0.384. The number of anilines is 1. The monoisotopic (exact) mass is 394 g/mol. The van der Waals surface area contributed by atoms with Crippen LogP contribution in [0.5, 0.6) is 0 Å². The quantitative estimate of drug-likeness (QED) is 0.348. The van der Waals surface area contributed by atoms with E-state index < -0.39 is 35.1 Å². The molecule has 0 radical (unpaired) electrons. The van der Waals surface area contributed by atoms with E-state index in [2.05, 4.69) is 10.1 Å². The number of halogens is 3. The summed E-state index contributed by atoms with van der Waals surface area (Å²) in [4.78, 5) is 33.2. The summed E-state index contributed by atoms with van der Waals surface area (Å²) in [7, 11) is 0. The highest BCUT2D eigenvalue weighted by Gasteiger charge is 2.30. The molecule has 0 aliphatic rings. The van der Waals surface area contributed by atoms with E-state index in [-0.39, 0.29) is 16.9 Å². The number of nitro benzene ring substituents is 1. The summed E-state index contributed by atoms with van der Waals surface area (Å²) in [5.74, 6) is -1.61. The second kappa shape index (κ2) is 8.80. The van der Waals surface area contributed by atoms with Gasteiger partial charge < -0.3 is 10.1 Å². The van der Waals surface area contributed by atoms with Crippen molar-refractivity contribution in [1.82, 2.24) is 0 Å². The number of ether oxygens (including phenoxy) is 1. The number of esters is 1. The van der Waals surface area contributed by atoms with E-state index >= 15 is 0 Å². The van der Waals surface area contributed by atoms with Gasteiger partial charge in [0.25, 0.3) is 11.6 Å². The molecule has 0 aromatic heterocycles. The number of alkyl halides is 3. The smallest absolute Gasteiger partial charge is 0.416 e. The molecule has 10 heteroatoms. The average Bonchev–Trinajstić information content (AvgIpc) is 2.64. The highest BCUT2D eigenvalue weighted by molar-refractivity contribution is 5.94. The number of rotatable bonds is 6. The Kier molecular flexibility index (Phi) is 6.48. The Labute approximate surface area is 156 Å². The Morgan fingerprint density at radius 2 is 1.82 bits per heavy atom. The summed E-state index contributed by atoms with van der Waals surface area (Å²) in [5.41, 5.74) is -0.595. The molecule has 2 rings (SSSR count). The lowest BCUT2D eigenvalue weighted by Crippen LogP contribution is -2.20. The summed E-state index contributed by atoms with van der Waals surface area (Å²) in [5, 5.41) is 12.9. The first-order valence-corrected chi connectivity index (χ1v) is 7.71. The van der Waals surface area contributed by atoms with E-state index in [1.54, 1.807) is 0 Å². The first-order chi connectivity index (χ1) is 13.1. The Morgan fingerprint density at radius 1 is 1.14 bits per heavy atom. The molecule has 0 spiro atoms. The molecular formula is C18H13F3N2O5. The van der Waals surface area contributed by atoms with Gasteiger partial charge >= 0.3 is 12.1 Å². The zero-order chi connectivity index (χ0) is 20.7. The van der Waals surface area contributed by atoms with Crippen molar-refractivity contribution in [2.75, 3.05) is 11.9 Å². The van der Waals surface area contributed by atoms with Gasteiger partial charge in [-0.15, -0.1) is 0 Å². The van der Waals surface area contributed by atoms with Gasteiger partial charge in [0, 0.05) is 23.9 Å². The molecule has 0 saturated heterocycles. The molecule has 0 atom stereocenters. The van der Waals surface area contributed by atoms with Crippen molar-refractivity contribution in [2.24, 2.45) is 0 Å². The van der Waals surface area contributed by atoms with Crippen molar-refractivity contribution < 1.29 is 32.4 Å². The maximum absolute atomic E-state index is 12.6. The lowest BCUT2D eigenvalue weighted by Gasteiger charge is -2.07. The standard InChI is InChI=1S/C18H13F3N2O5/c19-18(20,21)13-3-1-2-12(10-13)4-9-17(25)28-11-16(24)22-14-5-7-15(8-6-14)23(26)27/h1-10H,11H2,(H,22,24)/b9-4+. The number of hydrogen-bond acceptors (Lipinski definition) is 5. The minimum Gasteiger partial charge on any atom is -0.452 e. The maximum atomic E-state index is 12.6. The number of hydrogen-bond donors (Lipinski definition) is 1. The molecule has 0 fully saturated rings. The Hall–Kier alpha value is -3.69. The molecule has 0 heterocycles. The second-order valence-corrected chi connectivity index (χ2v) is 5.42. The van der Waals surface area contributed by atoms with Gasteiger partial charge in [-0.05, 0) is 35.9 Å². The van der Waals surface area contributed by atoms with Gasteiger partial charge in [-0.3, -0.25) is 14.9 Å². The molecule has 0 bridgehead atoms. The number of nitrogens with zero attached hydrogens (tertiary/aromatic N) is 1. The van der Waals surface area contributed by atoms with E-state index in [9.17, 15) is 32.9 Å². The molecule has 2 aromatic rings. The molecule has 1 amide bonds. The summed E-state index contributed by atoms with van der Waals surface area (Å²) >= 11 is 0. The minimum atomic E-state index is -4.50. The topological polar surface area (TPSA) is 98.5 Å². The van der Waals surface area contributed by atoms with Crippen LogP contribution >= 0.6 is 0 Å². The van der Waals surface area contributed by atoms with E-state index in [0.29, 0.717) is 0 Å². The zero-order valence-electron chi connectivity index (χ0n) is 14.1. The Balaban J connectivity index is 1.85. The molecule has 0 aliphatic heterocycles. The molecule has 7 nitrogen and oxygen atoms in total. The number of carbonyl (C=O) groups is 2. The fraction of sp³-hybridized carbons (Fsp3) is 0.111. The zero-order valence-corrected chi connectivity index (χ0v) is 14.1. The molecule has 2 aromatic carbocycles. The molecular weight excluding hydrogens is 381 g/mol. The predicted molar refractivity (Wildman–Crippen MR) is 93.2 cm³/mol. The van der Waals surface area contributed by atoms with Crippen LogP contribution in [0.3, 0.4) is 0 Å². The number of amides is 1. The predicted octanol–water partition coefficient (Wildman–Crippen LogP) is 3.81. The van der Waals surface area contributed by atoms with Crippen molar-refractivity contribution in [2.45, 2.75) is 6.18 Å². The van der Waals surface area contributed by atoms with Crippen molar-refractivity contribution in [3.8, 4) is 0 Å². The van der Waals surface area contributed by atoms with Crippen molar-refractivity contribution in [1.29, 1.82) is 0 Å².